The van der Waals surface area contributed by atoms with Crippen molar-refractivity contribution in [3.05, 3.63) is 70.8 Å². The molecule has 0 unspecified atom stereocenters. The molecule has 116 valence electrons. The van der Waals surface area contributed by atoms with Gasteiger partial charge in [-0.25, -0.2) is 0 Å². The Hall–Kier alpha value is -2.47. The van der Waals surface area contributed by atoms with Crippen LogP contribution in [0.2, 0.25) is 0 Å². The summed E-state index contributed by atoms with van der Waals surface area (Å²) in [6.07, 6.45) is 2.55. The first-order valence-corrected chi connectivity index (χ1v) is 8.09. The molecule has 3 rings (SSSR count). The van der Waals surface area contributed by atoms with Gasteiger partial charge in [-0.05, 0) is 40.0 Å². The second-order valence-electron chi connectivity index (χ2n) is 4.93. The molecule has 2 aromatic carbocycles. The van der Waals surface area contributed by atoms with Crippen LogP contribution in [0.1, 0.15) is 5.56 Å². The fraction of sp³-hybridized carbons (Fsp3) is 0.118. The Morgan fingerprint density at radius 2 is 1.74 bits per heavy atom. The molecule has 0 saturated carbocycles. The molecule has 2 N–H and O–H groups in total. The lowest BCUT2D eigenvalue weighted by molar-refractivity contribution is 0.950. The molecule has 0 bridgehead atoms. The van der Waals surface area contributed by atoms with E-state index in [1.807, 2.05) is 42.5 Å². The number of anilines is 3. The van der Waals surface area contributed by atoms with Gasteiger partial charge in [0.1, 0.15) is 0 Å². The van der Waals surface area contributed by atoms with Gasteiger partial charge in [0.2, 0.25) is 5.95 Å². The molecule has 0 aliphatic carbocycles. The zero-order chi connectivity index (χ0) is 15.9. The molecule has 0 spiro atoms. The van der Waals surface area contributed by atoms with Gasteiger partial charge in [-0.3, -0.25) is 0 Å². The maximum Gasteiger partial charge on any atom is 0.249 e. The Morgan fingerprint density at radius 3 is 2.57 bits per heavy atom. The van der Waals surface area contributed by atoms with Crippen molar-refractivity contribution in [3.8, 4) is 0 Å². The van der Waals surface area contributed by atoms with Gasteiger partial charge in [0, 0.05) is 11.0 Å². The number of halogens is 1. The van der Waals surface area contributed by atoms with E-state index in [1.54, 1.807) is 6.20 Å². The maximum atomic E-state index is 4.42. The zero-order valence-electron chi connectivity index (χ0n) is 12.4. The van der Waals surface area contributed by atoms with Gasteiger partial charge in [-0.15, -0.1) is 5.10 Å². The molecular formula is C17H16BrN5. The number of aromatic nitrogens is 3. The SMILES string of the molecule is Brc1ccccc1Nc1nncc(NCCc2ccccc2)n1. The highest BCUT2D eigenvalue weighted by molar-refractivity contribution is 9.10. The number of hydrogen-bond acceptors (Lipinski definition) is 5. The second kappa shape index (κ2) is 7.69. The summed E-state index contributed by atoms with van der Waals surface area (Å²) >= 11 is 3.49. The van der Waals surface area contributed by atoms with Gasteiger partial charge in [0.15, 0.2) is 5.82 Å². The molecule has 5 nitrogen and oxygen atoms in total. The van der Waals surface area contributed by atoms with Crippen molar-refractivity contribution in [1.29, 1.82) is 0 Å². The predicted octanol–water partition coefficient (Wildman–Crippen LogP) is 4.03. The van der Waals surface area contributed by atoms with Gasteiger partial charge in [0.25, 0.3) is 0 Å². The standard InChI is InChI=1S/C17H16BrN5/c18-14-8-4-5-9-15(14)21-17-22-16(12-20-23-17)19-11-10-13-6-2-1-3-7-13/h1-9,12H,10-11H2,(H2,19,21,22,23). The van der Waals surface area contributed by atoms with Crippen LogP contribution >= 0.6 is 15.9 Å². The zero-order valence-corrected chi connectivity index (χ0v) is 14.0. The normalized spacial score (nSPS) is 10.3. The van der Waals surface area contributed by atoms with Crippen LogP contribution < -0.4 is 10.6 Å². The van der Waals surface area contributed by atoms with Crippen LogP contribution in [0.25, 0.3) is 0 Å². The number of benzene rings is 2. The fourth-order valence-electron chi connectivity index (χ4n) is 2.10. The number of hydrogen-bond donors (Lipinski definition) is 2. The van der Waals surface area contributed by atoms with Crippen LogP contribution in [0.3, 0.4) is 0 Å². The van der Waals surface area contributed by atoms with Crippen LogP contribution in [-0.4, -0.2) is 21.7 Å². The second-order valence-corrected chi connectivity index (χ2v) is 5.79. The van der Waals surface area contributed by atoms with Crippen molar-refractivity contribution >= 4 is 33.4 Å². The van der Waals surface area contributed by atoms with Crippen LogP contribution in [0.4, 0.5) is 17.5 Å². The van der Waals surface area contributed by atoms with Gasteiger partial charge in [-0.1, -0.05) is 42.5 Å². The van der Waals surface area contributed by atoms with Crippen LogP contribution in [0.5, 0.6) is 0 Å². The largest absolute Gasteiger partial charge is 0.368 e. The van der Waals surface area contributed by atoms with Gasteiger partial charge in [-0.2, -0.15) is 10.1 Å². The average molecular weight is 370 g/mol. The molecule has 0 saturated heterocycles. The molecule has 0 amide bonds. The lowest BCUT2D eigenvalue weighted by Crippen LogP contribution is -2.08. The summed E-state index contributed by atoms with van der Waals surface area (Å²) in [7, 11) is 0. The Bertz CT molecular complexity index is 764. The summed E-state index contributed by atoms with van der Waals surface area (Å²) in [6.45, 7) is 0.789. The lowest BCUT2D eigenvalue weighted by Gasteiger charge is -2.08. The summed E-state index contributed by atoms with van der Waals surface area (Å²) in [5, 5.41) is 14.4. The van der Waals surface area contributed by atoms with Crippen molar-refractivity contribution in [2.45, 2.75) is 6.42 Å². The molecule has 0 radical (unpaired) electrons. The Kier molecular flexibility index (Phi) is 5.16. The molecule has 6 heteroatoms. The van der Waals surface area contributed by atoms with E-state index < -0.39 is 0 Å². The molecule has 23 heavy (non-hydrogen) atoms. The minimum Gasteiger partial charge on any atom is -0.368 e. The minimum atomic E-state index is 0.460. The average Bonchev–Trinajstić information content (AvgIpc) is 2.58. The Morgan fingerprint density at radius 1 is 0.957 bits per heavy atom. The summed E-state index contributed by atoms with van der Waals surface area (Å²) in [5.74, 6) is 1.16. The minimum absolute atomic E-state index is 0.460. The topological polar surface area (TPSA) is 62.7 Å². The van der Waals surface area contributed by atoms with Crippen molar-refractivity contribution in [2.75, 3.05) is 17.2 Å². The Labute approximate surface area is 143 Å². The molecule has 0 atom stereocenters. The van der Waals surface area contributed by atoms with Crippen molar-refractivity contribution in [3.63, 3.8) is 0 Å². The van der Waals surface area contributed by atoms with E-state index in [2.05, 4.69) is 53.9 Å². The van der Waals surface area contributed by atoms with E-state index in [4.69, 9.17) is 0 Å². The first-order chi connectivity index (χ1) is 11.3. The molecule has 1 heterocycles. The van der Waals surface area contributed by atoms with E-state index in [0.717, 1.165) is 23.1 Å². The van der Waals surface area contributed by atoms with E-state index in [-0.39, 0.29) is 0 Å². The maximum absolute atomic E-state index is 4.42. The van der Waals surface area contributed by atoms with Gasteiger partial charge < -0.3 is 10.6 Å². The molecule has 0 aliphatic rings. The Balaban J connectivity index is 1.60. The van der Waals surface area contributed by atoms with Crippen LogP contribution in [0, 0.1) is 0 Å². The quantitative estimate of drug-likeness (QED) is 0.686. The molecule has 1 aromatic heterocycles. The monoisotopic (exact) mass is 369 g/mol. The summed E-state index contributed by atoms with van der Waals surface area (Å²) < 4.78 is 0.950. The molecule has 0 aliphatic heterocycles. The van der Waals surface area contributed by atoms with Crippen molar-refractivity contribution in [2.24, 2.45) is 0 Å². The smallest absolute Gasteiger partial charge is 0.249 e. The summed E-state index contributed by atoms with van der Waals surface area (Å²) in [5.41, 5.74) is 2.18. The number of nitrogens with one attached hydrogen (secondary N) is 2. The predicted molar refractivity (Wildman–Crippen MR) is 95.9 cm³/mol. The van der Waals surface area contributed by atoms with E-state index in [1.165, 1.54) is 5.56 Å². The summed E-state index contributed by atoms with van der Waals surface area (Å²) in [4.78, 5) is 4.42. The van der Waals surface area contributed by atoms with Crippen molar-refractivity contribution < 1.29 is 0 Å². The number of nitrogens with zero attached hydrogens (tertiary/aromatic N) is 3. The highest BCUT2D eigenvalue weighted by Crippen LogP contribution is 2.23. The molecule has 0 fully saturated rings. The highest BCUT2D eigenvalue weighted by atomic mass is 79.9. The van der Waals surface area contributed by atoms with Crippen LogP contribution in [0.15, 0.2) is 65.3 Å². The van der Waals surface area contributed by atoms with E-state index >= 15 is 0 Å². The van der Waals surface area contributed by atoms with Crippen LogP contribution in [-0.2, 0) is 6.42 Å². The molecule has 3 aromatic rings. The number of para-hydroxylation sites is 1. The van der Waals surface area contributed by atoms with Crippen molar-refractivity contribution in [1.82, 2.24) is 15.2 Å². The lowest BCUT2D eigenvalue weighted by atomic mass is 10.1. The first-order valence-electron chi connectivity index (χ1n) is 7.30. The van der Waals surface area contributed by atoms with Gasteiger partial charge in [0.05, 0.1) is 11.9 Å². The summed E-state index contributed by atoms with van der Waals surface area (Å²) in [6, 6.07) is 18.1. The highest BCUT2D eigenvalue weighted by Gasteiger charge is 2.03. The molecular weight excluding hydrogens is 354 g/mol. The van der Waals surface area contributed by atoms with E-state index in [9.17, 15) is 0 Å². The third kappa shape index (κ3) is 4.50. The first kappa shape index (κ1) is 15.4. The third-order valence-corrected chi connectivity index (χ3v) is 3.93. The number of rotatable bonds is 6. The third-order valence-electron chi connectivity index (χ3n) is 3.24. The fourth-order valence-corrected chi connectivity index (χ4v) is 2.49. The van der Waals surface area contributed by atoms with E-state index in [0.29, 0.717) is 11.8 Å². The van der Waals surface area contributed by atoms with Gasteiger partial charge >= 0.3 is 0 Å².